The van der Waals surface area contributed by atoms with Gasteiger partial charge < -0.3 is 25.6 Å². The van der Waals surface area contributed by atoms with E-state index in [1.54, 1.807) is 10.9 Å². The lowest BCUT2D eigenvalue weighted by atomic mass is 9.81. The maximum Gasteiger partial charge on any atom is 0.424 e. The van der Waals surface area contributed by atoms with E-state index >= 15 is 0 Å². The van der Waals surface area contributed by atoms with Gasteiger partial charge in [-0.2, -0.15) is 18.3 Å². The van der Waals surface area contributed by atoms with Gasteiger partial charge in [0.1, 0.15) is 35.0 Å². The average Bonchev–Trinajstić information content (AvgIpc) is 3.65. The fourth-order valence-corrected chi connectivity index (χ4v) is 5.19. The zero-order chi connectivity index (χ0) is 31.6. The van der Waals surface area contributed by atoms with Gasteiger partial charge >= 0.3 is 6.18 Å². The highest BCUT2D eigenvalue weighted by Gasteiger charge is 2.57. The smallest absolute Gasteiger partial charge is 0.424 e. The Kier molecular flexibility index (Phi) is 6.79. The van der Waals surface area contributed by atoms with E-state index in [-0.39, 0.29) is 40.8 Å². The van der Waals surface area contributed by atoms with Gasteiger partial charge in [-0.1, -0.05) is 0 Å². The highest BCUT2D eigenvalue weighted by molar-refractivity contribution is 6.00. The average molecular weight is 614 g/mol. The highest BCUT2D eigenvalue weighted by atomic mass is 19.4. The number of nitrogens with zero attached hydrogens (tertiary/aromatic N) is 3. The second kappa shape index (κ2) is 10.2. The number of carbonyl (C=O) groups is 2. The molecular formula is C30H27F4N5O5. The predicted molar refractivity (Wildman–Crippen MR) is 149 cm³/mol. The van der Waals surface area contributed by atoms with E-state index in [9.17, 15) is 32.3 Å². The van der Waals surface area contributed by atoms with E-state index in [1.807, 2.05) is 0 Å². The molecule has 1 aliphatic heterocycles. The zero-order valence-corrected chi connectivity index (χ0v) is 23.5. The molecular weight excluding hydrogens is 586 g/mol. The van der Waals surface area contributed by atoms with E-state index in [0.717, 1.165) is 31.0 Å². The largest absolute Gasteiger partial charge is 0.496 e. The summed E-state index contributed by atoms with van der Waals surface area (Å²) in [7, 11) is 1.40. The normalized spacial score (nSPS) is 19.2. The van der Waals surface area contributed by atoms with Crippen LogP contribution < -0.4 is 20.5 Å². The van der Waals surface area contributed by atoms with Crippen LogP contribution in [0.25, 0.3) is 22.2 Å². The lowest BCUT2D eigenvalue weighted by Gasteiger charge is -2.31. The molecule has 6 rings (SSSR count). The Morgan fingerprint density at radius 2 is 1.91 bits per heavy atom. The molecule has 2 aromatic heterocycles. The number of methoxy groups -OCH3 is 1. The number of nitrogens with one attached hydrogen (secondary N) is 1. The molecule has 1 saturated carbocycles. The summed E-state index contributed by atoms with van der Waals surface area (Å²) in [6, 6.07) is 8.64. The molecule has 1 fully saturated rings. The van der Waals surface area contributed by atoms with Gasteiger partial charge in [0.25, 0.3) is 5.91 Å². The molecule has 0 radical (unpaired) electrons. The number of primary amides is 1. The van der Waals surface area contributed by atoms with Crippen molar-refractivity contribution in [2.75, 3.05) is 20.3 Å². The molecule has 44 heavy (non-hydrogen) atoms. The van der Waals surface area contributed by atoms with Crippen LogP contribution in [0.1, 0.15) is 47.4 Å². The van der Waals surface area contributed by atoms with Crippen molar-refractivity contribution in [3.05, 3.63) is 71.3 Å². The van der Waals surface area contributed by atoms with Gasteiger partial charge in [0.2, 0.25) is 11.5 Å². The van der Waals surface area contributed by atoms with E-state index < -0.39 is 47.1 Å². The summed E-state index contributed by atoms with van der Waals surface area (Å²) in [5.74, 6) is -2.13. The molecule has 0 spiro atoms. The fraction of sp³-hybridized carbons (Fsp3) is 0.333. The lowest BCUT2D eigenvalue weighted by molar-refractivity contribution is -0.265. The Morgan fingerprint density at radius 1 is 1.20 bits per heavy atom. The van der Waals surface area contributed by atoms with Crippen LogP contribution in [0.4, 0.5) is 17.6 Å². The number of alkyl halides is 3. The summed E-state index contributed by atoms with van der Waals surface area (Å²) in [6.45, 7) is -0.240. The van der Waals surface area contributed by atoms with Gasteiger partial charge in [-0.05, 0) is 62.2 Å². The van der Waals surface area contributed by atoms with Crippen molar-refractivity contribution >= 4 is 22.7 Å². The van der Waals surface area contributed by atoms with Crippen molar-refractivity contribution in [1.29, 1.82) is 0 Å². The molecule has 2 aliphatic rings. The first-order valence-electron chi connectivity index (χ1n) is 13.6. The van der Waals surface area contributed by atoms with Crippen LogP contribution in [-0.4, -0.2) is 58.1 Å². The number of carbonyl (C=O) groups excluding carboxylic acids is 2. The number of nitrogens with two attached hydrogens (primary N) is 1. The highest BCUT2D eigenvalue weighted by Crippen LogP contribution is 2.47. The third-order valence-electron chi connectivity index (χ3n) is 8.14. The number of benzene rings is 2. The van der Waals surface area contributed by atoms with Crippen LogP contribution in [0.2, 0.25) is 0 Å². The second-order valence-electron chi connectivity index (χ2n) is 11.2. The molecule has 1 aliphatic carbocycles. The Balaban J connectivity index is 1.40. The van der Waals surface area contributed by atoms with E-state index in [0.29, 0.717) is 16.7 Å². The summed E-state index contributed by atoms with van der Waals surface area (Å²) in [5, 5.41) is 18.5. The minimum Gasteiger partial charge on any atom is -0.496 e. The SMILES string of the molecule is COc1cc(C(=O)NC[C@](O)(c2cc3c(c(-c4ccc(F)cc4)n2)OC[C@]3(C)C(N)=O)C(F)(F)F)cc2nn(C3CC3)cc12. The van der Waals surface area contributed by atoms with Crippen molar-refractivity contribution < 1.29 is 41.7 Å². The molecule has 4 aromatic rings. The number of pyridine rings is 1. The van der Waals surface area contributed by atoms with E-state index in [2.05, 4.69) is 15.4 Å². The summed E-state index contributed by atoms with van der Waals surface area (Å²) >= 11 is 0. The van der Waals surface area contributed by atoms with E-state index in [1.165, 1.54) is 38.3 Å². The van der Waals surface area contributed by atoms with Gasteiger partial charge in [0, 0.05) is 22.9 Å². The fourth-order valence-electron chi connectivity index (χ4n) is 5.19. The first kappa shape index (κ1) is 29.4. The van der Waals surface area contributed by atoms with Gasteiger partial charge in [-0.15, -0.1) is 0 Å². The third-order valence-corrected chi connectivity index (χ3v) is 8.14. The molecule has 2 amide bonds. The number of aliphatic hydroxyl groups is 1. The quantitative estimate of drug-likeness (QED) is 0.256. The topological polar surface area (TPSA) is 142 Å². The number of fused-ring (bicyclic) bond motifs is 2. The lowest BCUT2D eigenvalue weighted by Crippen LogP contribution is -2.51. The van der Waals surface area contributed by atoms with Gasteiger partial charge in [-0.25, -0.2) is 9.37 Å². The van der Waals surface area contributed by atoms with Crippen molar-refractivity contribution in [1.82, 2.24) is 20.1 Å². The maximum absolute atomic E-state index is 14.7. The molecule has 0 bridgehead atoms. The van der Waals surface area contributed by atoms with Crippen LogP contribution in [-0.2, 0) is 15.8 Å². The summed E-state index contributed by atoms with van der Waals surface area (Å²) < 4.78 is 70.6. The van der Waals surface area contributed by atoms with Crippen LogP contribution >= 0.6 is 0 Å². The Labute approximate surface area is 247 Å². The molecule has 230 valence electrons. The monoisotopic (exact) mass is 613 g/mol. The van der Waals surface area contributed by atoms with Crippen molar-refractivity contribution in [2.24, 2.45) is 5.73 Å². The number of rotatable bonds is 8. The molecule has 4 N–H and O–H groups in total. The molecule has 10 nitrogen and oxygen atoms in total. The van der Waals surface area contributed by atoms with E-state index in [4.69, 9.17) is 15.2 Å². The summed E-state index contributed by atoms with van der Waals surface area (Å²) in [4.78, 5) is 29.7. The molecule has 0 unspecified atom stereocenters. The van der Waals surface area contributed by atoms with Crippen LogP contribution in [0, 0.1) is 5.82 Å². The number of halogens is 4. The molecule has 2 atom stereocenters. The minimum absolute atomic E-state index is 0.0266. The van der Waals surface area contributed by atoms with Gasteiger partial charge in [0.05, 0.1) is 36.3 Å². The zero-order valence-electron chi connectivity index (χ0n) is 23.5. The van der Waals surface area contributed by atoms with Gasteiger partial charge in [0.15, 0.2) is 0 Å². The number of amides is 2. The number of hydrogen-bond acceptors (Lipinski definition) is 7. The van der Waals surface area contributed by atoms with Crippen molar-refractivity contribution in [3.8, 4) is 22.8 Å². The maximum atomic E-state index is 14.7. The Bertz CT molecular complexity index is 1800. The summed E-state index contributed by atoms with van der Waals surface area (Å²) in [6.07, 6.45) is -1.64. The van der Waals surface area contributed by atoms with Crippen molar-refractivity contribution in [2.45, 2.75) is 43.0 Å². The molecule has 14 heteroatoms. The molecule has 0 saturated heterocycles. The standard InChI is InChI=1S/C30H27F4N5O5/c1-28(27(35)41)14-44-25-20(28)11-23(37-24(25)15-3-5-17(31)6-4-15)29(42,30(32,33)34)13-36-26(40)16-9-21-19(22(10-16)43-2)12-39(38-21)18-7-8-18/h3-6,9-12,18,42H,7-8,13-14H2,1-2H3,(H2,35,41)(H,36,40)/t28-,29-/m0/s1. The number of ether oxygens (including phenoxy) is 2. The molecule has 3 heterocycles. The second-order valence-corrected chi connectivity index (χ2v) is 11.2. The van der Waals surface area contributed by atoms with Crippen molar-refractivity contribution in [3.63, 3.8) is 0 Å². The van der Waals surface area contributed by atoms with Crippen LogP contribution in [0.5, 0.6) is 11.5 Å². The van der Waals surface area contributed by atoms with Gasteiger partial charge in [-0.3, -0.25) is 14.3 Å². The summed E-state index contributed by atoms with van der Waals surface area (Å²) in [5.41, 5.74) is -0.268. The first-order valence-corrected chi connectivity index (χ1v) is 13.6. The number of aromatic nitrogens is 3. The Hall–Kier alpha value is -4.72. The Morgan fingerprint density at radius 3 is 2.52 bits per heavy atom. The third kappa shape index (κ3) is 4.78. The predicted octanol–water partition coefficient (Wildman–Crippen LogP) is 3.90. The van der Waals surface area contributed by atoms with Crippen LogP contribution in [0.3, 0.4) is 0 Å². The number of hydrogen-bond donors (Lipinski definition) is 3. The first-order chi connectivity index (χ1) is 20.7. The minimum atomic E-state index is -5.35. The van der Waals surface area contributed by atoms with Crippen LogP contribution in [0.15, 0.2) is 48.7 Å². The molecule has 2 aromatic carbocycles.